The van der Waals surface area contributed by atoms with Gasteiger partial charge in [0.05, 0.1) is 19.8 Å². The molecule has 0 fully saturated rings. The number of nitrogens with two attached hydrogens (primary N) is 1. The van der Waals surface area contributed by atoms with Gasteiger partial charge in [0.25, 0.3) is 0 Å². The number of aliphatic hydroxyl groups is 3. The third kappa shape index (κ3) is 5.08. The van der Waals surface area contributed by atoms with Gasteiger partial charge in [0.2, 0.25) is 5.91 Å². The third-order valence-corrected chi connectivity index (χ3v) is 2.14. The lowest BCUT2D eigenvalue weighted by atomic mass is 10.0. The van der Waals surface area contributed by atoms with Gasteiger partial charge in [0.15, 0.2) is 0 Å². The highest BCUT2D eigenvalue weighted by Gasteiger charge is 2.29. The predicted molar refractivity (Wildman–Crippen MR) is 55.0 cm³/mol. The van der Waals surface area contributed by atoms with E-state index in [-0.39, 0.29) is 18.4 Å². The molecule has 0 aromatic carbocycles. The molecule has 0 aliphatic carbocycles. The van der Waals surface area contributed by atoms with Crippen LogP contribution in [0.15, 0.2) is 0 Å². The number of hydrogen-bond acceptors (Lipinski definition) is 5. The molecule has 0 rings (SSSR count). The molecule has 6 heteroatoms. The minimum atomic E-state index is -1.34. The van der Waals surface area contributed by atoms with Gasteiger partial charge >= 0.3 is 0 Å². The van der Waals surface area contributed by atoms with Gasteiger partial charge < -0.3 is 26.4 Å². The van der Waals surface area contributed by atoms with Gasteiger partial charge in [0, 0.05) is 12.5 Å². The zero-order chi connectivity index (χ0) is 11.9. The maximum atomic E-state index is 11.3. The highest BCUT2D eigenvalue weighted by atomic mass is 16.3. The Morgan fingerprint density at radius 1 is 1.33 bits per heavy atom. The predicted octanol–water partition coefficient (Wildman–Crippen LogP) is -2.05. The summed E-state index contributed by atoms with van der Waals surface area (Å²) in [7, 11) is 0. The SMILES string of the molecule is CC(N)CCC(=O)NC(CO)(CO)CO. The van der Waals surface area contributed by atoms with Crippen LogP contribution in [0.1, 0.15) is 19.8 Å². The largest absolute Gasteiger partial charge is 0.394 e. The molecule has 15 heavy (non-hydrogen) atoms. The van der Waals surface area contributed by atoms with Crippen molar-refractivity contribution in [2.24, 2.45) is 5.73 Å². The van der Waals surface area contributed by atoms with E-state index in [0.717, 1.165) is 0 Å². The lowest BCUT2D eigenvalue weighted by Crippen LogP contribution is -2.57. The van der Waals surface area contributed by atoms with E-state index in [1.807, 2.05) is 0 Å². The quantitative estimate of drug-likeness (QED) is 0.338. The molecule has 1 atom stereocenters. The van der Waals surface area contributed by atoms with E-state index < -0.39 is 25.4 Å². The first-order valence-corrected chi connectivity index (χ1v) is 4.89. The van der Waals surface area contributed by atoms with E-state index in [2.05, 4.69) is 5.32 Å². The summed E-state index contributed by atoms with van der Waals surface area (Å²) >= 11 is 0. The molecule has 0 radical (unpaired) electrons. The van der Waals surface area contributed by atoms with Crippen molar-refractivity contribution < 1.29 is 20.1 Å². The number of rotatable bonds is 7. The summed E-state index contributed by atoms with van der Waals surface area (Å²) in [6.45, 7) is 0.252. The number of carbonyl (C=O) groups excluding carboxylic acids is 1. The number of amides is 1. The fourth-order valence-electron chi connectivity index (χ4n) is 0.986. The van der Waals surface area contributed by atoms with Gasteiger partial charge in [-0.15, -0.1) is 0 Å². The summed E-state index contributed by atoms with van der Waals surface area (Å²) in [4.78, 5) is 11.3. The second-order valence-corrected chi connectivity index (χ2v) is 3.82. The Morgan fingerprint density at radius 2 is 1.80 bits per heavy atom. The van der Waals surface area contributed by atoms with Crippen molar-refractivity contribution in [2.45, 2.75) is 31.3 Å². The lowest BCUT2D eigenvalue weighted by Gasteiger charge is -2.28. The monoisotopic (exact) mass is 220 g/mol. The van der Waals surface area contributed by atoms with Crippen LogP contribution >= 0.6 is 0 Å². The minimum absolute atomic E-state index is 0.0810. The van der Waals surface area contributed by atoms with Crippen molar-refractivity contribution in [3.63, 3.8) is 0 Å². The molecule has 0 saturated heterocycles. The summed E-state index contributed by atoms with van der Waals surface area (Å²) in [5.41, 5.74) is 4.14. The zero-order valence-electron chi connectivity index (χ0n) is 8.94. The summed E-state index contributed by atoms with van der Waals surface area (Å²) in [6, 6.07) is -0.0810. The molecule has 0 spiro atoms. The van der Waals surface area contributed by atoms with E-state index in [4.69, 9.17) is 21.1 Å². The van der Waals surface area contributed by atoms with Gasteiger partial charge in [-0.25, -0.2) is 0 Å². The molecule has 6 N–H and O–H groups in total. The Balaban J connectivity index is 4.11. The van der Waals surface area contributed by atoms with Crippen molar-refractivity contribution in [3.8, 4) is 0 Å². The van der Waals surface area contributed by atoms with Crippen molar-refractivity contribution in [1.82, 2.24) is 5.32 Å². The number of aliphatic hydroxyl groups excluding tert-OH is 3. The van der Waals surface area contributed by atoms with Crippen LogP contribution in [0.3, 0.4) is 0 Å². The zero-order valence-corrected chi connectivity index (χ0v) is 8.94. The first-order chi connectivity index (χ1) is 6.99. The molecule has 1 amide bonds. The molecule has 0 aromatic heterocycles. The first-order valence-electron chi connectivity index (χ1n) is 4.89. The summed E-state index contributed by atoms with van der Waals surface area (Å²) in [6.07, 6.45) is 0.726. The number of carbonyl (C=O) groups is 1. The van der Waals surface area contributed by atoms with Gasteiger partial charge in [-0.3, -0.25) is 4.79 Å². The molecule has 0 bridgehead atoms. The highest BCUT2D eigenvalue weighted by Crippen LogP contribution is 2.03. The molecular weight excluding hydrogens is 200 g/mol. The van der Waals surface area contributed by atoms with Crippen molar-refractivity contribution >= 4 is 5.91 Å². The Morgan fingerprint density at radius 3 is 2.13 bits per heavy atom. The highest BCUT2D eigenvalue weighted by molar-refractivity contribution is 5.76. The second kappa shape index (κ2) is 6.73. The van der Waals surface area contributed by atoms with E-state index in [9.17, 15) is 4.79 Å². The van der Waals surface area contributed by atoms with Crippen LogP contribution in [0.4, 0.5) is 0 Å². The van der Waals surface area contributed by atoms with E-state index in [0.29, 0.717) is 6.42 Å². The third-order valence-electron chi connectivity index (χ3n) is 2.14. The molecule has 1 unspecified atom stereocenters. The fraction of sp³-hybridized carbons (Fsp3) is 0.889. The molecule has 6 nitrogen and oxygen atoms in total. The van der Waals surface area contributed by atoms with E-state index >= 15 is 0 Å². The number of nitrogens with one attached hydrogen (secondary N) is 1. The smallest absolute Gasteiger partial charge is 0.220 e. The van der Waals surface area contributed by atoms with Crippen LogP contribution in [0.5, 0.6) is 0 Å². The van der Waals surface area contributed by atoms with Crippen LogP contribution in [0, 0.1) is 0 Å². The van der Waals surface area contributed by atoms with Crippen LogP contribution < -0.4 is 11.1 Å². The van der Waals surface area contributed by atoms with Gasteiger partial charge in [-0.2, -0.15) is 0 Å². The van der Waals surface area contributed by atoms with Crippen LogP contribution in [-0.4, -0.2) is 52.6 Å². The van der Waals surface area contributed by atoms with Crippen LogP contribution in [0.25, 0.3) is 0 Å². The minimum Gasteiger partial charge on any atom is -0.394 e. The van der Waals surface area contributed by atoms with Gasteiger partial charge in [-0.05, 0) is 13.3 Å². The summed E-state index contributed by atoms with van der Waals surface area (Å²) < 4.78 is 0. The van der Waals surface area contributed by atoms with Crippen molar-refractivity contribution in [3.05, 3.63) is 0 Å². The lowest BCUT2D eigenvalue weighted by molar-refractivity contribution is -0.125. The Hall–Kier alpha value is -0.690. The standard InChI is InChI=1S/C9H20N2O4/c1-7(10)2-3-8(15)11-9(4-12,5-13)6-14/h7,12-14H,2-6,10H2,1H3,(H,11,15). The molecule has 0 heterocycles. The van der Waals surface area contributed by atoms with Crippen LogP contribution in [-0.2, 0) is 4.79 Å². The molecule has 0 aliphatic rings. The maximum absolute atomic E-state index is 11.3. The van der Waals surface area contributed by atoms with E-state index in [1.54, 1.807) is 6.92 Å². The summed E-state index contributed by atoms with van der Waals surface area (Å²) in [5, 5.41) is 29.2. The molecule has 0 saturated carbocycles. The molecule has 0 aliphatic heterocycles. The normalized spacial score (nSPS) is 13.7. The summed E-state index contributed by atoms with van der Waals surface area (Å²) in [5.74, 6) is -0.343. The van der Waals surface area contributed by atoms with E-state index in [1.165, 1.54) is 0 Å². The second-order valence-electron chi connectivity index (χ2n) is 3.82. The first kappa shape index (κ1) is 14.3. The molecular formula is C9H20N2O4. The molecule has 90 valence electrons. The average molecular weight is 220 g/mol. The fourth-order valence-corrected chi connectivity index (χ4v) is 0.986. The Labute approximate surface area is 89.1 Å². The van der Waals surface area contributed by atoms with Crippen LogP contribution in [0.2, 0.25) is 0 Å². The topological polar surface area (TPSA) is 116 Å². The van der Waals surface area contributed by atoms with Crippen molar-refractivity contribution in [2.75, 3.05) is 19.8 Å². The maximum Gasteiger partial charge on any atom is 0.220 e. The Bertz CT molecular complexity index is 184. The number of hydrogen-bond donors (Lipinski definition) is 5. The average Bonchev–Trinajstić information content (AvgIpc) is 2.23. The molecule has 0 aromatic rings. The van der Waals surface area contributed by atoms with Crippen molar-refractivity contribution in [1.29, 1.82) is 0 Å². The Kier molecular flexibility index (Phi) is 6.42. The van der Waals surface area contributed by atoms with Gasteiger partial charge in [-0.1, -0.05) is 0 Å². The van der Waals surface area contributed by atoms with Gasteiger partial charge in [0.1, 0.15) is 5.54 Å².